The van der Waals surface area contributed by atoms with Crippen LogP contribution in [0.15, 0.2) is 97.1 Å². The first kappa shape index (κ1) is 48.5. The van der Waals surface area contributed by atoms with Crippen LogP contribution in [0.1, 0.15) is 55.9 Å². The van der Waals surface area contributed by atoms with Gasteiger partial charge in [0.25, 0.3) is 0 Å². The third-order valence-electron chi connectivity index (χ3n) is 9.80. The van der Waals surface area contributed by atoms with E-state index >= 15 is 0 Å². The first-order chi connectivity index (χ1) is 29.1. The molecule has 330 valence electrons. The van der Waals surface area contributed by atoms with E-state index in [0.717, 1.165) is 80.3 Å². The van der Waals surface area contributed by atoms with E-state index in [2.05, 4.69) is 103 Å². The maximum atomic E-state index is 8.49. The molecule has 4 aromatic carbocycles. The molecule has 1 aliphatic rings. The molecular formula is C40H44Cl2FeN10O9. The fourth-order valence-electron chi connectivity index (χ4n) is 7.62. The Morgan fingerprint density at radius 3 is 0.903 bits per heavy atom. The number of imidazole rings is 4. The number of para-hydroxylation sites is 8. The number of aromatic nitrogens is 8. The van der Waals surface area contributed by atoms with Crippen molar-refractivity contribution in [1.82, 2.24) is 49.7 Å². The minimum atomic E-state index is -4.94. The number of aliphatic hydroxyl groups is 1. The zero-order valence-electron chi connectivity index (χ0n) is 33.3. The predicted molar refractivity (Wildman–Crippen MR) is 202 cm³/mol. The second-order valence-corrected chi connectivity index (χ2v) is 15.6. The van der Waals surface area contributed by atoms with Crippen LogP contribution in [-0.2, 0) is 43.2 Å². The molecule has 62 heavy (non-hydrogen) atoms. The summed E-state index contributed by atoms with van der Waals surface area (Å²) in [7, 11) is -9.89. The molecule has 9 rings (SSSR count). The maximum Gasteiger partial charge on any atom is 2.00 e. The summed E-state index contributed by atoms with van der Waals surface area (Å²) < 4.78 is 67.9. The topological polar surface area (TPSA) is 326 Å². The maximum absolute atomic E-state index is 8.49. The molecule has 4 aromatic heterocycles. The summed E-state index contributed by atoms with van der Waals surface area (Å²) >= 11 is 0. The Morgan fingerprint density at radius 2 is 0.694 bits per heavy atom. The van der Waals surface area contributed by atoms with E-state index in [1.807, 2.05) is 24.3 Å². The van der Waals surface area contributed by atoms with Crippen LogP contribution in [0, 0.1) is 20.5 Å². The van der Waals surface area contributed by atoms with Gasteiger partial charge in [0.2, 0.25) is 0 Å². The largest absolute Gasteiger partial charge is 2.00 e. The first-order valence-corrected chi connectivity index (χ1v) is 21.7. The Balaban J connectivity index is 0.000000459. The van der Waals surface area contributed by atoms with Crippen LogP contribution >= 0.6 is 0 Å². The van der Waals surface area contributed by atoms with Crippen molar-refractivity contribution >= 4 is 44.1 Å². The smallest absolute Gasteiger partial charge is 0.397 e. The summed E-state index contributed by atoms with van der Waals surface area (Å²) in [6.45, 7) is 4.69. The fraction of sp³-hybridized carbons (Fsp3) is 0.300. The van der Waals surface area contributed by atoms with E-state index in [1.54, 1.807) is 6.92 Å². The molecule has 0 unspecified atom stereocenters. The summed E-state index contributed by atoms with van der Waals surface area (Å²) in [6.07, 6.45) is 4.53. The van der Waals surface area contributed by atoms with Crippen molar-refractivity contribution in [3.63, 3.8) is 0 Å². The first-order valence-electron chi connectivity index (χ1n) is 19.2. The molecule has 5 N–H and O–H groups in total. The van der Waals surface area contributed by atoms with Crippen LogP contribution in [0.25, 0.3) is 44.1 Å². The number of hydrogen-bond acceptors (Lipinski definition) is 15. The molecule has 0 radical (unpaired) electrons. The van der Waals surface area contributed by atoms with E-state index in [1.165, 1.54) is 12.8 Å². The number of hydrogen-bond donors (Lipinski definition) is 5. The number of nitrogens with one attached hydrogen (secondary N) is 4. The molecule has 2 atom stereocenters. The number of fused-ring (bicyclic) bond motifs is 4. The summed E-state index contributed by atoms with van der Waals surface area (Å²) in [5, 5.41) is 7.57. The molecular weight excluding hydrogens is 891 g/mol. The molecule has 0 spiro atoms. The molecule has 0 amide bonds. The van der Waals surface area contributed by atoms with Crippen LogP contribution < -0.4 is 37.3 Å². The zero-order chi connectivity index (χ0) is 43.6. The normalized spacial score (nSPS) is 15.5. The summed E-state index contributed by atoms with van der Waals surface area (Å²) in [5.41, 5.74) is 8.22. The Labute approximate surface area is 370 Å². The quantitative estimate of drug-likeness (QED) is 0.0900. The van der Waals surface area contributed by atoms with Gasteiger partial charge in [-0.15, -0.1) is 20.5 Å². The molecule has 1 aliphatic carbocycles. The molecule has 4 heterocycles. The summed E-state index contributed by atoms with van der Waals surface area (Å²) in [5.74, 6) is 3.88. The van der Waals surface area contributed by atoms with Crippen molar-refractivity contribution in [2.45, 2.75) is 70.9 Å². The van der Waals surface area contributed by atoms with Crippen molar-refractivity contribution in [1.29, 1.82) is 0 Å². The molecule has 1 fully saturated rings. The van der Waals surface area contributed by atoms with Crippen LogP contribution in [-0.4, -0.2) is 73.5 Å². The van der Waals surface area contributed by atoms with Crippen LogP contribution in [0.4, 0.5) is 0 Å². The molecule has 19 nitrogen and oxygen atoms in total. The Morgan fingerprint density at radius 1 is 0.484 bits per heavy atom. The standard InChI is InChI=1S/C38H38N10.C2H6O.2ClHO4.Fe/c1-2-12-26-25(11-1)39-35(40-26)21-47(22-36-41-27-13-3-4-14-28(27)42-36)33-19-9-10-20-34(33)48(23-37-43-29-15-5-6-16-30(29)44-37)24-38-45-31-17-7-8-18-32(31)46-38;1-2-3;2*2-1(3,4)5;/h1-8,11-18,33-34H,9-10,19-24H2,(H,39,40)(H,41,42)(H,43,44)(H,45,46);3H,2H2,1H3;2*(H,2,3,4,5);/q;;;;+2/p-2/t33-,34-;;;;/m1..../s1. The van der Waals surface area contributed by atoms with E-state index in [0.29, 0.717) is 26.2 Å². The van der Waals surface area contributed by atoms with Crippen LogP contribution in [0.2, 0.25) is 0 Å². The second kappa shape index (κ2) is 22.2. The number of aliphatic hydroxyl groups excluding tert-OH is 1. The third kappa shape index (κ3) is 14.5. The monoisotopic (exact) mass is 934 g/mol. The van der Waals surface area contributed by atoms with E-state index in [9.17, 15) is 0 Å². The van der Waals surface area contributed by atoms with Gasteiger partial charge in [0.05, 0.1) is 70.3 Å². The average molecular weight is 936 g/mol. The third-order valence-corrected chi connectivity index (χ3v) is 9.80. The number of benzene rings is 4. The van der Waals surface area contributed by atoms with Gasteiger partial charge in [0, 0.05) is 18.7 Å². The van der Waals surface area contributed by atoms with Crippen molar-refractivity contribution < 1.29 is 79.9 Å². The Bertz CT molecular complexity index is 2120. The molecule has 0 bridgehead atoms. The van der Waals surface area contributed by atoms with E-state index in [-0.39, 0.29) is 35.8 Å². The van der Waals surface area contributed by atoms with Crippen LogP contribution in [0.3, 0.4) is 0 Å². The Kier molecular flexibility index (Phi) is 17.3. The number of halogens is 2. The van der Waals surface area contributed by atoms with E-state index < -0.39 is 20.5 Å². The summed E-state index contributed by atoms with van der Waals surface area (Å²) in [4.78, 5) is 39.6. The Hall–Kier alpha value is -4.58. The SMILES string of the molecule is CCO.[Fe+2].[O-][Cl+3]([O-])([O-])[O-].[O-][Cl+3]([O-])([O-])[O-].c1ccc2[nH]c(CN(Cc3nc4ccccc4[nH]3)[C@@H]3CCCC[C@H]3N(Cc3nc4ccccc4[nH]3)Cc3nc4ccccc4[nH]3)nc2c1. The average Bonchev–Trinajstić information content (AvgIpc) is 4.00. The van der Waals surface area contributed by atoms with Crippen LogP contribution in [0.5, 0.6) is 0 Å². The molecule has 0 saturated heterocycles. The van der Waals surface area contributed by atoms with Gasteiger partial charge in [-0.1, -0.05) is 61.4 Å². The zero-order valence-corrected chi connectivity index (χ0v) is 35.9. The minimum absolute atomic E-state index is 0. The van der Waals surface area contributed by atoms with E-state index in [4.69, 9.17) is 62.3 Å². The fourth-order valence-corrected chi connectivity index (χ4v) is 7.62. The van der Waals surface area contributed by atoms with Crippen molar-refractivity contribution in [2.24, 2.45) is 0 Å². The van der Waals surface area contributed by atoms with Crippen molar-refractivity contribution in [3.05, 3.63) is 120 Å². The van der Waals surface area contributed by atoms with Crippen molar-refractivity contribution in [2.75, 3.05) is 6.61 Å². The minimum Gasteiger partial charge on any atom is -0.397 e. The van der Waals surface area contributed by atoms with Gasteiger partial charge in [-0.25, -0.2) is 57.2 Å². The predicted octanol–water partition coefficient (Wildman–Crippen LogP) is -2.31. The second-order valence-electron chi connectivity index (χ2n) is 14.1. The number of rotatable bonds is 10. The number of aromatic amines is 4. The van der Waals surface area contributed by atoms with Crippen molar-refractivity contribution in [3.8, 4) is 0 Å². The number of nitrogens with zero attached hydrogens (tertiary/aromatic N) is 6. The molecule has 8 aromatic rings. The summed E-state index contributed by atoms with van der Waals surface area (Å²) in [6, 6.07) is 33.6. The van der Waals surface area contributed by atoms with Gasteiger partial charge in [-0.3, -0.25) is 9.80 Å². The van der Waals surface area contributed by atoms with Gasteiger partial charge in [0.1, 0.15) is 23.3 Å². The van der Waals surface area contributed by atoms with Gasteiger partial charge >= 0.3 is 17.1 Å². The van der Waals surface area contributed by atoms with Gasteiger partial charge < -0.3 is 25.0 Å². The van der Waals surface area contributed by atoms with Gasteiger partial charge in [0.15, 0.2) is 0 Å². The molecule has 22 heteroatoms. The van der Waals surface area contributed by atoms with Gasteiger partial charge in [-0.05, 0) is 68.3 Å². The van der Waals surface area contributed by atoms with Gasteiger partial charge in [-0.2, -0.15) is 0 Å². The molecule has 0 aliphatic heterocycles. The molecule has 1 saturated carbocycles. The number of H-pyrrole nitrogens is 4.